The van der Waals surface area contributed by atoms with Gasteiger partial charge in [-0.3, -0.25) is 4.98 Å². The number of anilines is 1. The van der Waals surface area contributed by atoms with Crippen LogP contribution in [0.4, 0.5) is 19.3 Å². The normalized spacial score (nSPS) is 12.9. The molecule has 0 spiro atoms. The van der Waals surface area contributed by atoms with Crippen molar-refractivity contribution in [1.29, 1.82) is 0 Å². The fourth-order valence-electron chi connectivity index (χ4n) is 3.71. The van der Waals surface area contributed by atoms with Gasteiger partial charge >= 0.3 is 6.16 Å². The highest BCUT2D eigenvalue weighted by Gasteiger charge is 2.23. The summed E-state index contributed by atoms with van der Waals surface area (Å²) in [5, 5.41) is 9.26. The molecule has 4 rings (SSSR count). The molecule has 0 radical (unpaired) electrons. The summed E-state index contributed by atoms with van der Waals surface area (Å²) in [6, 6.07) is 8.47. The monoisotopic (exact) mass is 460 g/mol. The van der Waals surface area contributed by atoms with Gasteiger partial charge in [-0.2, -0.15) is 0 Å². The molecule has 6 nitrogen and oxygen atoms in total. The Bertz CT molecular complexity index is 1160. The third-order valence-electron chi connectivity index (χ3n) is 5.17. The van der Waals surface area contributed by atoms with Crippen LogP contribution in [0.25, 0.3) is 0 Å². The molecule has 1 aromatic heterocycles. The molecule has 0 atom stereocenters. The van der Waals surface area contributed by atoms with Gasteiger partial charge in [0.2, 0.25) is 0 Å². The van der Waals surface area contributed by atoms with E-state index in [0.717, 1.165) is 12.0 Å². The topological polar surface area (TPSA) is 71.9 Å². The molecule has 3 aromatic rings. The smallest absolute Gasteiger partial charge is 0.488 e. The Balaban J connectivity index is 1.58. The number of ether oxygens (including phenoxy) is 2. The summed E-state index contributed by atoms with van der Waals surface area (Å²) in [4.78, 5) is 17.0. The molecule has 0 saturated carbocycles. The summed E-state index contributed by atoms with van der Waals surface area (Å²) in [6.45, 7) is 0.907. The molecule has 0 bridgehead atoms. The third-order valence-corrected chi connectivity index (χ3v) is 5.41. The van der Waals surface area contributed by atoms with Gasteiger partial charge in [-0.25, -0.2) is 13.6 Å². The second-order valence-electron chi connectivity index (χ2n) is 7.30. The van der Waals surface area contributed by atoms with Crippen molar-refractivity contribution < 1.29 is 28.2 Å². The molecule has 0 fully saturated rings. The van der Waals surface area contributed by atoms with Crippen LogP contribution in [0.1, 0.15) is 23.1 Å². The molecule has 2 aromatic carbocycles. The average Bonchev–Trinajstić information content (AvgIpc) is 2.74. The minimum Gasteiger partial charge on any atom is -0.488 e. The zero-order valence-corrected chi connectivity index (χ0v) is 17.6. The van der Waals surface area contributed by atoms with Crippen molar-refractivity contribution >= 4 is 23.4 Å². The fraction of sp³-hybridized carbons (Fsp3) is 0.217. The maximum Gasteiger partial charge on any atom is 0.511 e. The maximum absolute atomic E-state index is 14.1. The largest absolute Gasteiger partial charge is 0.511 e. The van der Waals surface area contributed by atoms with E-state index in [1.807, 2.05) is 4.90 Å². The predicted octanol–water partition coefficient (Wildman–Crippen LogP) is 5.60. The molecule has 1 N–H and O–H groups in total. The third kappa shape index (κ3) is 4.91. The molecule has 32 heavy (non-hydrogen) atoms. The van der Waals surface area contributed by atoms with E-state index in [1.54, 1.807) is 12.3 Å². The average molecular weight is 461 g/mol. The molecular weight excluding hydrogens is 442 g/mol. The van der Waals surface area contributed by atoms with Crippen molar-refractivity contribution in [3.8, 4) is 11.5 Å². The molecular formula is C23H19ClF2N2O4. The van der Waals surface area contributed by atoms with Gasteiger partial charge in [0.1, 0.15) is 24.0 Å². The number of carboxylic acid groups (broad SMARTS) is 1. The van der Waals surface area contributed by atoms with Gasteiger partial charge in [-0.15, -0.1) is 0 Å². The van der Waals surface area contributed by atoms with Crippen LogP contribution in [-0.4, -0.2) is 22.8 Å². The molecule has 166 valence electrons. The van der Waals surface area contributed by atoms with E-state index in [9.17, 15) is 13.6 Å². The predicted molar refractivity (Wildman–Crippen MR) is 114 cm³/mol. The van der Waals surface area contributed by atoms with Crippen molar-refractivity contribution in [2.24, 2.45) is 0 Å². The van der Waals surface area contributed by atoms with Crippen molar-refractivity contribution in [1.82, 2.24) is 4.98 Å². The molecule has 1 aliphatic rings. The first kappa shape index (κ1) is 21.8. The zero-order chi connectivity index (χ0) is 22.7. The van der Waals surface area contributed by atoms with Gasteiger partial charge in [0, 0.05) is 34.8 Å². The summed E-state index contributed by atoms with van der Waals surface area (Å²) in [5.74, 6) is -0.307. The summed E-state index contributed by atoms with van der Waals surface area (Å²) >= 11 is 5.79. The van der Waals surface area contributed by atoms with Crippen LogP contribution in [0.2, 0.25) is 5.02 Å². The van der Waals surface area contributed by atoms with Crippen LogP contribution in [0.5, 0.6) is 11.5 Å². The minimum absolute atomic E-state index is 0.0453. The van der Waals surface area contributed by atoms with Crippen LogP contribution in [0.3, 0.4) is 0 Å². The number of aromatic nitrogens is 1. The van der Waals surface area contributed by atoms with Crippen molar-refractivity contribution in [3.05, 3.63) is 82.1 Å². The number of pyridine rings is 1. The number of nitrogens with zero attached hydrogens (tertiary/aromatic N) is 2. The summed E-state index contributed by atoms with van der Waals surface area (Å²) in [7, 11) is 0. The molecule has 0 unspecified atom stereocenters. The maximum atomic E-state index is 14.1. The van der Waals surface area contributed by atoms with Crippen molar-refractivity contribution in [2.45, 2.75) is 26.0 Å². The van der Waals surface area contributed by atoms with Crippen LogP contribution in [0.15, 0.2) is 48.8 Å². The lowest BCUT2D eigenvalue weighted by Crippen LogP contribution is -2.29. The number of hydrogen-bond acceptors (Lipinski definition) is 5. The van der Waals surface area contributed by atoms with Gasteiger partial charge in [0.05, 0.1) is 18.1 Å². The van der Waals surface area contributed by atoms with Gasteiger partial charge < -0.3 is 19.5 Å². The van der Waals surface area contributed by atoms with Gasteiger partial charge in [-0.1, -0.05) is 17.7 Å². The summed E-state index contributed by atoms with van der Waals surface area (Å²) in [6.07, 6.45) is 2.99. The molecule has 0 saturated heterocycles. The second kappa shape index (κ2) is 9.40. The number of rotatable bonds is 6. The van der Waals surface area contributed by atoms with E-state index in [2.05, 4.69) is 4.98 Å². The quantitative estimate of drug-likeness (QED) is 0.483. The lowest BCUT2D eigenvalue weighted by Gasteiger charge is -2.32. The van der Waals surface area contributed by atoms with Crippen LogP contribution >= 0.6 is 11.6 Å². The van der Waals surface area contributed by atoms with E-state index in [1.165, 1.54) is 36.5 Å². The molecule has 9 heteroatoms. The minimum atomic E-state index is -1.41. The lowest BCUT2D eigenvalue weighted by molar-refractivity contribution is 0.144. The molecule has 0 amide bonds. The van der Waals surface area contributed by atoms with E-state index >= 15 is 0 Å². The van der Waals surface area contributed by atoms with Gasteiger partial charge in [-0.05, 0) is 43.2 Å². The van der Waals surface area contributed by atoms with E-state index in [0.29, 0.717) is 42.1 Å². The van der Waals surface area contributed by atoms with E-state index in [-0.39, 0.29) is 17.4 Å². The highest BCUT2D eigenvalue weighted by Crippen LogP contribution is 2.35. The zero-order valence-electron chi connectivity index (χ0n) is 16.9. The number of hydrogen-bond donors (Lipinski definition) is 1. The number of halogens is 3. The van der Waals surface area contributed by atoms with Gasteiger partial charge in [0.15, 0.2) is 5.75 Å². The highest BCUT2D eigenvalue weighted by atomic mass is 35.5. The van der Waals surface area contributed by atoms with E-state index < -0.39 is 17.8 Å². The highest BCUT2D eigenvalue weighted by molar-refractivity contribution is 6.30. The first-order chi connectivity index (χ1) is 15.4. The first-order valence-corrected chi connectivity index (χ1v) is 10.3. The molecule has 1 aliphatic heterocycles. The van der Waals surface area contributed by atoms with Crippen molar-refractivity contribution in [3.63, 3.8) is 0 Å². The SMILES string of the molecule is O=C(O)Oc1cncc2c1CCCN2Cc1cc(F)ccc1OCc1ccc(Cl)cc1F. The molecule has 2 heterocycles. The Morgan fingerprint density at radius 1 is 1.12 bits per heavy atom. The number of benzene rings is 2. The summed E-state index contributed by atoms with van der Waals surface area (Å²) < 4.78 is 38.8. The Kier molecular flexibility index (Phi) is 6.41. The Hall–Kier alpha value is -3.39. The molecule has 0 aliphatic carbocycles. The standard InChI is InChI=1S/C23H19ClF2N2O4/c24-16-4-3-14(19(26)9-16)13-31-21-6-5-17(25)8-15(21)12-28-7-1-2-18-20(28)10-27-11-22(18)32-23(29)30/h3-6,8-11H,1-2,7,12-13H2,(H,29,30). The van der Waals surface area contributed by atoms with Crippen LogP contribution in [0, 0.1) is 11.6 Å². The fourth-order valence-corrected chi connectivity index (χ4v) is 3.87. The van der Waals surface area contributed by atoms with E-state index in [4.69, 9.17) is 26.2 Å². The van der Waals surface area contributed by atoms with Crippen molar-refractivity contribution in [2.75, 3.05) is 11.4 Å². The number of carbonyl (C=O) groups is 1. The Labute approximate surface area is 188 Å². The van der Waals surface area contributed by atoms with Gasteiger partial charge in [0.25, 0.3) is 0 Å². The van der Waals surface area contributed by atoms with Crippen LogP contribution in [-0.2, 0) is 19.6 Å². The first-order valence-electron chi connectivity index (χ1n) is 9.88. The lowest BCUT2D eigenvalue weighted by atomic mass is 10.0. The van der Waals surface area contributed by atoms with Crippen LogP contribution < -0.4 is 14.4 Å². The number of fused-ring (bicyclic) bond motifs is 1. The summed E-state index contributed by atoms with van der Waals surface area (Å²) in [5.41, 5.74) is 2.34. The second-order valence-corrected chi connectivity index (χ2v) is 7.74. The Morgan fingerprint density at radius 3 is 2.75 bits per heavy atom. The Morgan fingerprint density at radius 2 is 1.97 bits per heavy atom.